The molecule has 7 heteroatoms. The van der Waals surface area contributed by atoms with E-state index < -0.39 is 5.82 Å². The van der Waals surface area contributed by atoms with Crippen molar-refractivity contribution in [2.45, 2.75) is 0 Å². The summed E-state index contributed by atoms with van der Waals surface area (Å²) in [5.41, 5.74) is 1.66. The lowest BCUT2D eigenvalue weighted by molar-refractivity contribution is 0.0687. The van der Waals surface area contributed by atoms with E-state index in [1.54, 1.807) is 24.1 Å². The molecular formula is C25H22FN3O3. The summed E-state index contributed by atoms with van der Waals surface area (Å²) >= 11 is 0. The lowest BCUT2D eigenvalue weighted by atomic mass is 10.1. The largest absolute Gasteiger partial charge is 0.493 e. The highest BCUT2D eigenvalue weighted by molar-refractivity contribution is 6.04. The van der Waals surface area contributed by atoms with Crippen molar-refractivity contribution in [1.82, 2.24) is 9.80 Å². The average molecular weight is 431 g/mol. The van der Waals surface area contributed by atoms with Crippen molar-refractivity contribution >= 4 is 17.4 Å². The van der Waals surface area contributed by atoms with Crippen molar-refractivity contribution in [3.8, 4) is 17.2 Å². The third-order valence-electron chi connectivity index (χ3n) is 5.71. The molecule has 0 atom stereocenters. The third-order valence-corrected chi connectivity index (χ3v) is 5.71. The van der Waals surface area contributed by atoms with E-state index in [1.165, 1.54) is 12.1 Å². The Labute approximate surface area is 185 Å². The molecule has 0 spiro atoms. The highest BCUT2D eigenvalue weighted by atomic mass is 19.1. The van der Waals surface area contributed by atoms with Gasteiger partial charge in [0.2, 0.25) is 0 Å². The zero-order chi connectivity index (χ0) is 22.1. The monoisotopic (exact) mass is 431 g/mol. The zero-order valence-corrected chi connectivity index (χ0v) is 17.6. The Morgan fingerprint density at radius 3 is 2.50 bits per heavy atom. The molecule has 2 aliphatic rings. The molecule has 2 heterocycles. The number of hydrogen-bond acceptors (Lipinski definition) is 5. The van der Waals surface area contributed by atoms with E-state index in [9.17, 15) is 9.18 Å². The van der Waals surface area contributed by atoms with Crippen molar-refractivity contribution in [3.05, 3.63) is 83.7 Å². The SMILES string of the molecule is COc1cccc2c1Oc1ccccc1N=C2N1CCN(C(=O)c2ccccc2F)CC1. The van der Waals surface area contributed by atoms with Crippen LogP contribution in [-0.4, -0.2) is 54.8 Å². The van der Waals surface area contributed by atoms with Crippen LogP contribution in [0.3, 0.4) is 0 Å². The number of carbonyl (C=O) groups is 1. The van der Waals surface area contributed by atoms with Crippen LogP contribution in [0.15, 0.2) is 71.7 Å². The van der Waals surface area contributed by atoms with Crippen LogP contribution in [0.25, 0.3) is 0 Å². The maximum atomic E-state index is 14.1. The smallest absolute Gasteiger partial charge is 0.256 e. The Morgan fingerprint density at radius 2 is 1.72 bits per heavy atom. The second-order valence-electron chi connectivity index (χ2n) is 7.60. The van der Waals surface area contributed by atoms with E-state index in [2.05, 4.69) is 4.90 Å². The van der Waals surface area contributed by atoms with Gasteiger partial charge in [0, 0.05) is 26.2 Å². The Morgan fingerprint density at radius 1 is 0.969 bits per heavy atom. The highest BCUT2D eigenvalue weighted by Crippen LogP contribution is 2.42. The molecule has 3 aromatic carbocycles. The van der Waals surface area contributed by atoms with Crippen molar-refractivity contribution in [2.24, 2.45) is 4.99 Å². The van der Waals surface area contributed by atoms with Crippen molar-refractivity contribution in [2.75, 3.05) is 33.3 Å². The average Bonchev–Trinajstić information content (AvgIpc) is 3.01. The Kier molecular flexibility index (Phi) is 5.23. The molecule has 0 radical (unpaired) electrons. The van der Waals surface area contributed by atoms with Crippen molar-refractivity contribution < 1.29 is 18.7 Å². The van der Waals surface area contributed by atoms with Gasteiger partial charge < -0.3 is 19.3 Å². The van der Waals surface area contributed by atoms with Gasteiger partial charge in [-0.05, 0) is 36.4 Å². The van der Waals surface area contributed by atoms with E-state index in [4.69, 9.17) is 14.5 Å². The van der Waals surface area contributed by atoms with E-state index in [0.717, 1.165) is 17.1 Å². The first-order valence-corrected chi connectivity index (χ1v) is 10.5. The first-order valence-electron chi connectivity index (χ1n) is 10.5. The van der Waals surface area contributed by atoms with E-state index in [0.29, 0.717) is 43.4 Å². The number of piperazine rings is 1. The quantitative estimate of drug-likeness (QED) is 0.601. The molecule has 32 heavy (non-hydrogen) atoms. The molecule has 0 N–H and O–H groups in total. The lowest BCUT2D eigenvalue weighted by Crippen LogP contribution is -2.51. The van der Waals surface area contributed by atoms with Gasteiger partial charge in [0.1, 0.15) is 17.3 Å². The molecule has 162 valence electrons. The summed E-state index contributed by atoms with van der Waals surface area (Å²) in [6, 6.07) is 19.4. The molecule has 0 aliphatic carbocycles. The molecule has 0 saturated carbocycles. The van der Waals surface area contributed by atoms with Crippen LogP contribution >= 0.6 is 0 Å². The van der Waals surface area contributed by atoms with E-state index in [1.807, 2.05) is 42.5 Å². The minimum Gasteiger partial charge on any atom is -0.493 e. The molecule has 5 rings (SSSR count). The van der Waals surface area contributed by atoms with Crippen LogP contribution in [-0.2, 0) is 0 Å². The summed E-state index contributed by atoms with van der Waals surface area (Å²) in [6.45, 7) is 2.07. The fourth-order valence-electron chi connectivity index (χ4n) is 4.05. The first-order chi connectivity index (χ1) is 15.7. The van der Waals surface area contributed by atoms with E-state index in [-0.39, 0.29) is 11.5 Å². The third kappa shape index (κ3) is 3.56. The van der Waals surface area contributed by atoms with Crippen LogP contribution in [0.1, 0.15) is 15.9 Å². The number of amides is 1. The highest BCUT2D eigenvalue weighted by Gasteiger charge is 2.29. The zero-order valence-electron chi connectivity index (χ0n) is 17.6. The number of nitrogens with zero attached hydrogens (tertiary/aromatic N) is 3. The number of carbonyl (C=O) groups excluding carboxylic acids is 1. The van der Waals surface area contributed by atoms with Gasteiger partial charge in [-0.3, -0.25) is 4.79 Å². The number of methoxy groups -OCH3 is 1. The number of fused-ring (bicyclic) bond motifs is 2. The number of hydrogen-bond donors (Lipinski definition) is 0. The number of para-hydroxylation sites is 3. The van der Waals surface area contributed by atoms with Gasteiger partial charge in [0.15, 0.2) is 17.2 Å². The molecule has 0 bridgehead atoms. The number of halogens is 1. The minimum atomic E-state index is -0.497. The molecule has 1 saturated heterocycles. The fourth-order valence-corrected chi connectivity index (χ4v) is 4.05. The number of rotatable bonds is 2. The van der Waals surface area contributed by atoms with Crippen molar-refractivity contribution in [3.63, 3.8) is 0 Å². The molecule has 2 aliphatic heterocycles. The predicted octanol–water partition coefficient (Wildman–Crippen LogP) is 4.48. The van der Waals surface area contributed by atoms with Gasteiger partial charge in [0.25, 0.3) is 5.91 Å². The summed E-state index contributed by atoms with van der Waals surface area (Å²) in [5.74, 6) is 1.87. The topological polar surface area (TPSA) is 54.4 Å². The molecule has 6 nitrogen and oxygen atoms in total. The summed E-state index contributed by atoms with van der Waals surface area (Å²) in [5, 5.41) is 0. The van der Waals surface area contributed by atoms with Crippen molar-refractivity contribution in [1.29, 1.82) is 0 Å². The van der Waals surface area contributed by atoms with Crippen LogP contribution in [0.2, 0.25) is 0 Å². The summed E-state index contributed by atoms with van der Waals surface area (Å²) < 4.78 is 25.8. The maximum absolute atomic E-state index is 14.1. The van der Waals surface area contributed by atoms with Gasteiger partial charge in [-0.15, -0.1) is 0 Å². The standard InChI is InChI=1S/C25H22FN3O3/c1-31-22-12-6-8-18-23(22)32-21-11-5-4-10-20(21)27-24(18)28-13-15-29(16-14-28)25(30)17-7-2-3-9-19(17)26/h2-12H,13-16H2,1H3. The minimum absolute atomic E-state index is 0.102. The second kappa shape index (κ2) is 8.34. The number of ether oxygens (including phenoxy) is 2. The Hall–Kier alpha value is -3.87. The Balaban J connectivity index is 1.45. The van der Waals surface area contributed by atoms with Crippen LogP contribution in [0, 0.1) is 5.82 Å². The fraction of sp³-hybridized carbons (Fsp3) is 0.200. The lowest BCUT2D eigenvalue weighted by Gasteiger charge is -2.36. The predicted molar refractivity (Wildman–Crippen MR) is 120 cm³/mol. The summed E-state index contributed by atoms with van der Waals surface area (Å²) in [4.78, 5) is 21.5. The van der Waals surface area contributed by atoms with Gasteiger partial charge in [0.05, 0.1) is 18.2 Å². The first kappa shape index (κ1) is 20.1. The van der Waals surface area contributed by atoms with Crippen LogP contribution in [0.5, 0.6) is 17.2 Å². The molecular weight excluding hydrogens is 409 g/mol. The van der Waals surface area contributed by atoms with Gasteiger partial charge in [-0.2, -0.15) is 0 Å². The van der Waals surface area contributed by atoms with E-state index >= 15 is 0 Å². The number of amidine groups is 1. The maximum Gasteiger partial charge on any atom is 0.256 e. The van der Waals surface area contributed by atoms with Crippen LogP contribution in [0.4, 0.5) is 10.1 Å². The Bertz CT molecular complexity index is 1200. The molecule has 1 amide bonds. The number of benzene rings is 3. The van der Waals surface area contributed by atoms with Crippen LogP contribution < -0.4 is 9.47 Å². The van der Waals surface area contributed by atoms with Gasteiger partial charge in [-0.25, -0.2) is 9.38 Å². The molecule has 3 aromatic rings. The normalized spacial score (nSPS) is 15.1. The van der Waals surface area contributed by atoms with Gasteiger partial charge in [-0.1, -0.05) is 30.3 Å². The van der Waals surface area contributed by atoms with Gasteiger partial charge >= 0.3 is 0 Å². The summed E-state index contributed by atoms with van der Waals surface area (Å²) in [6.07, 6.45) is 0. The second-order valence-corrected chi connectivity index (χ2v) is 7.60. The number of aliphatic imine (C=N–C) groups is 1. The molecule has 0 unspecified atom stereocenters. The molecule has 1 fully saturated rings. The summed E-state index contributed by atoms with van der Waals surface area (Å²) in [7, 11) is 1.61. The molecule has 0 aromatic heterocycles.